The van der Waals surface area contributed by atoms with Gasteiger partial charge in [-0.1, -0.05) is 109 Å². The molecule has 0 spiro atoms. The molecule has 0 aliphatic heterocycles. The molecule has 0 heteroatoms. The molecule has 0 fully saturated rings. The molecule has 0 nitrogen and oxygen atoms in total. The molecule has 3 aromatic carbocycles. The van der Waals surface area contributed by atoms with Gasteiger partial charge in [0, 0.05) is 5.92 Å². The van der Waals surface area contributed by atoms with E-state index in [1.807, 2.05) is 0 Å². The van der Waals surface area contributed by atoms with E-state index in [0.29, 0.717) is 5.92 Å². The maximum atomic E-state index is 2.44. The molecule has 1 unspecified atom stereocenters. The van der Waals surface area contributed by atoms with Crippen LogP contribution in [0.5, 0.6) is 0 Å². The molecule has 0 saturated heterocycles. The second-order valence-electron chi connectivity index (χ2n) is 7.02. The number of rotatable bonds is 6. The predicted octanol–water partition coefficient (Wildman–Crippen LogP) is 6.51. The first kappa shape index (κ1) is 16.6. The van der Waals surface area contributed by atoms with Crippen molar-refractivity contribution in [1.82, 2.24) is 0 Å². The zero-order valence-electron chi connectivity index (χ0n) is 15.0. The highest BCUT2D eigenvalue weighted by molar-refractivity contribution is 5.43. The van der Waals surface area contributed by atoms with Crippen LogP contribution in [0.2, 0.25) is 0 Å². The Hall–Kier alpha value is -2.86. The molecule has 1 aliphatic rings. The van der Waals surface area contributed by atoms with Gasteiger partial charge in [0.15, 0.2) is 0 Å². The minimum atomic E-state index is 0.447. The summed E-state index contributed by atoms with van der Waals surface area (Å²) >= 11 is 0. The fourth-order valence-electron chi connectivity index (χ4n) is 3.80. The van der Waals surface area contributed by atoms with Crippen molar-refractivity contribution in [3.05, 3.63) is 131 Å². The van der Waals surface area contributed by atoms with Gasteiger partial charge in [0.25, 0.3) is 0 Å². The van der Waals surface area contributed by atoms with Crippen molar-refractivity contribution in [1.29, 1.82) is 0 Å². The van der Waals surface area contributed by atoms with Crippen LogP contribution in [0.1, 0.15) is 29.0 Å². The molecule has 128 valence electrons. The van der Waals surface area contributed by atoms with Gasteiger partial charge in [-0.15, -0.1) is 0 Å². The number of benzene rings is 3. The summed E-state index contributed by atoms with van der Waals surface area (Å²) in [5, 5.41) is 0. The Morgan fingerprint density at radius 2 is 1.23 bits per heavy atom. The molecule has 1 aliphatic carbocycles. The van der Waals surface area contributed by atoms with Crippen LogP contribution in [0.4, 0.5) is 0 Å². The topological polar surface area (TPSA) is 0 Å². The monoisotopic (exact) mass is 336 g/mol. The number of hydrogen-bond donors (Lipinski definition) is 0. The lowest BCUT2D eigenvalue weighted by Crippen LogP contribution is -2.05. The summed E-state index contributed by atoms with van der Waals surface area (Å²) in [6, 6.07) is 32.5. The normalized spacial score (nSPS) is 14.6. The second-order valence-corrected chi connectivity index (χ2v) is 7.02. The van der Waals surface area contributed by atoms with Gasteiger partial charge in [0.1, 0.15) is 0 Å². The molecule has 0 heterocycles. The molecular weight excluding hydrogens is 312 g/mol. The van der Waals surface area contributed by atoms with Crippen molar-refractivity contribution in [2.24, 2.45) is 0 Å². The Bertz CT molecular complexity index is 887. The molecule has 1 atom stereocenters. The molecular formula is C26H24. The zero-order chi connectivity index (χ0) is 17.6. The van der Waals surface area contributed by atoms with Crippen molar-refractivity contribution in [3.8, 4) is 0 Å². The summed E-state index contributed by atoms with van der Waals surface area (Å²) in [7, 11) is 0. The Morgan fingerprint density at radius 3 is 1.88 bits per heavy atom. The molecule has 0 bridgehead atoms. The Balaban J connectivity index is 1.57. The van der Waals surface area contributed by atoms with Crippen molar-refractivity contribution >= 4 is 0 Å². The highest BCUT2D eigenvalue weighted by Crippen LogP contribution is 2.35. The highest BCUT2D eigenvalue weighted by Gasteiger charge is 2.20. The van der Waals surface area contributed by atoms with Crippen LogP contribution in [0, 0.1) is 0 Å². The van der Waals surface area contributed by atoms with Crippen LogP contribution in [0.25, 0.3) is 0 Å². The molecule has 4 rings (SSSR count). The van der Waals surface area contributed by atoms with Crippen LogP contribution >= 0.6 is 0 Å². The lowest BCUT2D eigenvalue weighted by atomic mass is 9.85. The minimum absolute atomic E-state index is 0.447. The third kappa shape index (κ3) is 4.03. The van der Waals surface area contributed by atoms with Crippen LogP contribution in [0.15, 0.2) is 114 Å². The first-order chi connectivity index (χ1) is 12.9. The fraction of sp³-hybridized carbons (Fsp3) is 0.154. The van der Waals surface area contributed by atoms with E-state index < -0.39 is 0 Å². The Labute approximate surface area is 156 Å². The quantitative estimate of drug-likeness (QED) is 0.481. The summed E-state index contributed by atoms with van der Waals surface area (Å²) in [5.41, 5.74) is 7.18. The van der Waals surface area contributed by atoms with Gasteiger partial charge in [-0.25, -0.2) is 0 Å². The van der Waals surface area contributed by atoms with E-state index in [2.05, 4.69) is 103 Å². The van der Waals surface area contributed by atoms with E-state index in [0.717, 1.165) is 19.3 Å². The lowest BCUT2D eigenvalue weighted by molar-refractivity contribution is 0.771. The van der Waals surface area contributed by atoms with Gasteiger partial charge in [0.05, 0.1) is 0 Å². The lowest BCUT2D eigenvalue weighted by Gasteiger charge is -2.19. The third-order valence-corrected chi connectivity index (χ3v) is 5.15. The summed E-state index contributed by atoms with van der Waals surface area (Å²) in [6.07, 6.45) is 7.99. The van der Waals surface area contributed by atoms with E-state index in [4.69, 9.17) is 0 Å². The second kappa shape index (κ2) is 8.01. The maximum Gasteiger partial charge on any atom is 0.00948 e. The van der Waals surface area contributed by atoms with Crippen molar-refractivity contribution in [3.63, 3.8) is 0 Å². The predicted molar refractivity (Wildman–Crippen MR) is 110 cm³/mol. The van der Waals surface area contributed by atoms with Crippen molar-refractivity contribution in [2.75, 3.05) is 0 Å². The van der Waals surface area contributed by atoms with Gasteiger partial charge in [-0.2, -0.15) is 0 Å². The first-order valence-electron chi connectivity index (χ1n) is 9.41. The molecule has 0 amide bonds. The molecule has 26 heavy (non-hydrogen) atoms. The first-order valence-corrected chi connectivity index (χ1v) is 9.41. The van der Waals surface area contributed by atoms with Gasteiger partial charge < -0.3 is 0 Å². The summed E-state index contributed by atoms with van der Waals surface area (Å²) < 4.78 is 0. The van der Waals surface area contributed by atoms with E-state index in [9.17, 15) is 0 Å². The smallest absolute Gasteiger partial charge is 0.00948 e. The van der Waals surface area contributed by atoms with Crippen molar-refractivity contribution in [2.45, 2.75) is 25.2 Å². The SMILES string of the molecule is C1=C(Cc2ccccc2)C=C(C(Cc2ccccc2)c2ccccc2)C1. The summed E-state index contributed by atoms with van der Waals surface area (Å²) in [5.74, 6) is 0.447. The van der Waals surface area contributed by atoms with Crippen LogP contribution < -0.4 is 0 Å². The van der Waals surface area contributed by atoms with E-state index in [1.165, 1.54) is 27.8 Å². The van der Waals surface area contributed by atoms with Crippen LogP contribution in [-0.2, 0) is 12.8 Å². The summed E-state index contributed by atoms with van der Waals surface area (Å²) in [6.45, 7) is 0. The van der Waals surface area contributed by atoms with E-state index in [-0.39, 0.29) is 0 Å². The number of hydrogen-bond acceptors (Lipinski definition) is 0. The average Bonchev–Trinajstić information content (AvgIpc) is 3.16. The zero-order valence-corrected chi connectivity index (χ0v) is 15.0. The van der Waals surface area contributed by atoms with Gasteiger partial charge in [-0.3, -0.25) is 0 Å². The molecule has 3 aromatic rings. The highest BCUT2D eigenvalue weighted by atomic mass is 14.2. The van der Waals surface area contributed by atoms with Crippen molar-refractivity contribution < 1.29 is 0 Å². The standard InChI is InChI=1S/C26H24/c1-4-10-21(11-5-1)18-23-16-17-25(19-23)26(24-14-8-3-9-15-24)20-22-12-6-2-7-13-22/h1-16,19,26H,17-18,20H2. The van der Waals surface area contributed by atoms with E-state index >= 15 is 0 Å². The fourth-order valence-corrected chi connectivity index (χ4v) is 3.80. The summed E-state index contributed by atoms with van der Waals surface area (Å²) in [4.78, 5) is 0. The van der Waals surface area contributed by atoms with Crippen LogP contribution in [-0.4, -0.2) is 0 Å². The minimum Gasteiger partial charge on any atom is -0.0769 e. The van der Waals surface area contributed by atoms with Crippen LogP contribution in [0.3, 0.4) is 0 Å². The molecule has 0 aromatic heterocycles. The maximum absolute atomic E-state index is 2.44. The largest absolute Gasteiger partial charge is 0.0769 e. The van der Waals surface area contributed by atoms with Gasteiger partial charge in [0.2, 0.25) is 0 Å². The number of allylic oxidation sites excluding steroid dienone is 4. The molecule has 0 N–H and O–H groups in total. The average molecular weight is 336 g/mol. The van der Waals surface area contributed by atoms with Gasteiger partial charge in [-0.05, 0) is 41.5 Å². The Morgan fingerprint density at radius 1 is 0.654 bits per heavy atom. The molecule has 0 saturated carbocycles. The van der Waals surface area contributed by atoms with E-state index in [1.54, 1.807) is 0 Å². The van der Waals surface area contributed by atoms with Gasteiger partial charge >= 0.3 is 0 Å². The molecule has 0 radical (unpaired) electrons. The Kier molecular flexibility index (Phi) is 5.12. The third-order valence-electron chi connectivity index (χ3n) is 5.15.